The second kappa shape index (κ2) is 2.92. The summed E-state index contributed by atoms with van der Waals surface area (Å²) in [6, 6.07) is 2.83. The third-order valence-corrected chi connectivity index (χ3v) is 2.08. The number of thiophene rings is 1. The minimum atomic E-state index is -0.295. The molecule has 0 aliphatic rings. The molecule has 3 heteroatoms. The van der Waals surface area contributed by atoms with Crippen LogP contribution in [0.2, 0.25) is 0 Å². The lowest BCUT2D eigenvalue weighted by molar-refractivity contribution is 0.0992. The van der Waals surface area contributed by atoms with Crippen LogP contribution < -0.4 is 0 Å². The average Bonchev–Trinajstić information content (AvgIpc) is 2.34. The Hall–Kier alpha value is -0.700. The van der Waals surface area contributed by atoms with Gasteiger partial charge in [0.2, 0.25) is 0 Å². The Bertz CT molecular complexity index is 242. The Labute approximate surface area is 62.5 Å². The third kappa shape index (κ3) is 1.42. The molecule has 0 atom stereocenters. The smallest absolute Gasteiger partial charge is 0.177 e. The van der Waals surface area contributed by atoms with Crippen LogP contribution in [0.15, 0.2) is 12.1 Å². The van der Waals surface area contributed by atoms with Gasteiger partial charge in [-0.25, -0.2) is 0 Å². The van der Waals surface area contributed by atoms with E-state index in [1.54, 1.807) is 6.92 Å². The molecule has 10 heavy (non-hydrogen) atoms. The Morgan fingerprint density at radius 1 is 1.70 bits per heavy atom. The molecule has 1 heterocycles. The maximum absolute atomic E-state index is 12.3. The van der Waals surface area contributed by atoms with Crippen LogP contribution in [0.5, 0.6) is 0 Å². The molecule has 0 aliphatic carbocycles. The van der Waals surface area contributed by atoms with Gasteiger partial charge in [0.15, 0.2) is 10.9 Å². The van der Waals surface area contributed by atoms with Gasteiger partial charge < -0.3 is 0 Å². The molecule has 0 N–H and O–H groups in total. The first kappa shape index (κ1) is 7.41. The van der Waals surface area contributed by atoms with E-state index in [-0.39, 0.29) is 10.9 Å². The number of carbonyl (C=O) groups excluding carboxylic acids is 1. The molecule has 1 aromatic rings. The SMILES string of the molecule is CCC(=O)c1ccc(F)s1. The van der Waals surface area contributed by atoms with Crippen LogP contribution in [0, 0.1) is 5.13 Å². The number of carbonyl (C=O) groups is 1. The Kier molecular flexibility index (Phi) is 2.17. The molecule has 0 bridgehead atoms. The molecule has 0 fully saturated rings. The molecule has 1 aromatic heterocycles. The lowest BCUT2D eigenvalue weighted by Crippen LogP contribution is -1.90. The zero-order valence-electron chi connectivity index (χ0n) is 5.56. The first-order valence-corrected chi connectivity index (χ1v) is 3.84. The highest BCUT2D eigenvalue weighted by molar-refractivity contribution is 7.12. The van der Waals surface area contributed by atoms with Crippen molar-refractivity contribution in [3.63, 3.8) is 0 Å². The van der Waals surface area contributed by atoms with Gasteiger partial charge in [0, 0.05) is 6.42 Å². The maximum Gasteiger partial charge on any atom is 0.177 e. The standard InChI is InChI=1S/C7H7FOS/c1-2-5(9)6-3-4-7(8)10-6/h3-4H,2H2,1H3. The summed E-state index contributed by atoms with van der Waals surface area (Å²) >= 11 is 0.904. The predicted molar refractivity (Wildman–Crippen MR) is 38.9 cm³/mol. The van der Waals surface area contributed by atoms with E-state index in [2.05, 4.69) is 0 Å². The number of halogens is 1. The van der Waals surface area contributed by atoms with Crippen LogP contribution >= 0.6 is 11.3 Å². The van der Waals surface area contributed by atoms with Gasteiger partial charge in [0.05, 0.1) is 4.88 Å². The maximum atomic E-state index is 12.3. The number of rotatable bonds is 2. The molecule has 1 nitrogen and oxygen atoms in total. The van der Waals surface area contributed by atoms with Gasteiger partial charge in [-0.2, -0.15) is 4.39 Å². The molecule has 54 valence electrons. The van der Waals surface area contributed by atoms with E-state index < -0.39 is 0 Å². The zero-order chi connectivity index (χ0) is 7.56. The van der Waals surface area contributed by atoms with Gasteiger partial charge >= 0.3 is 0 Å². The second-order valence-corrected chi connectivity index (χ2v) is 2.91. The summed E-state index contributed by atoms with van der Waals surface area (Å²) in [5, 5.41) is -0.295. The Balaban J connectivity index is 2.85. The van der Waals surface area contributed by atoms with Gasteiger partial charge in [0.25, 0.3) is 0 Å². The van der Waals surface area contributed by atoms with Gasteiger partial charge in [-0.05, 0) is 12.1 Å². The third-order valence-electron chi connectivity index (χ3n) is 1.17. The van der Waals surface area contributed by atoms with E-state index in [0.29, 0.717) is 11.3 Å². The van der Waals surface area contributed by atoms with Crippen LogP contribution in [0.25, 0.3) is 0 Å². The van der Waals surface area contributed by atoms with Crippen molar-refractivity contribution < 1.29 is 9.18 Å². The van der Waals surface area contributed by atoms with E-state index >= 15 is 0 Å². The van der Waals surface area contributed by atoms with Crippen molar-refractivity contribution >= 4 is 17.1 Å². The lowest BCUT2D eigenvalue weighted by atomic mass is 10.3. The lowest BCUT2D eigenvalue weighted by Gasteiger charge is -1.86. The summed E-state index contributed by atoms with van der Waals surface area (Å²) in [5.41, 5.74) is 0. The topological polar surface area (TPSA) is 17.1 Å². The fourth-order valence-electron chi connectivity index (χ4n) is 0.638. The molecule has 0 unspecified atom stereocenters. The molecule has 0 aromatic carbocycles. The minimum absolute atomic E-state index is 0.00824. The first-order chi connectivity index (χ1) is 4.74. The van der Waals surface area contributed by atoms with Crippen molar-refractivity contribution in [2.24, 2.45) is 0 Å². The summed E-state index contributed by atoms with van der Waals surface area (Å²) < 4.78 is 12.3. The molecular weight excluding hydrogens is 151 g/mol. The highest BCUT2D eigenvalue weighted by Crippen LogP contribution is 2.15. The summed E-state index contributed by atoms with van der Waals surface area (Å²) in [6.45, 7) is 1.76. The number of hydrogen-bond donors (Lipinski definition) is 0. The zero-order valence-corrected chi connectivity index (χ0v) is 6.37. The Morgan fingerprint density at radius 3 is 2.80 bits per heavy atom. The summed E-state index contributed by atoms with van der Waals surface area (Å²) in [7, 11) is 0. The molecule has 1 rings (SSSR count). The van der Waals surface area contributed by atoms with Crippen molar-refractivity contribution in [3.05, 3.63) is 22.1 Å². The predicted octanol–water partition coefficient (Wildman–Crippen LogP) is 2.48. The second-order valence-electron chi connectivity index (χ2n) is 1.88. The number of ketones is 1. The monoisotopic (exact) mass is 158 g/mol. The van der Waals surface area contributed by atoms with Crippen LogP contribution in [0.1, 0.15) is 23.0 Å². The van der Waals surface area contributed by atoms with Crippen molar-refractivity contribution in [2.45, 2.75) is 13.3 Å². The molecular formula is C7H7FOS. The van der Waals surface area contributed by atoms with Crippen LogP contribution in [-0.2, 0) is 0 Å². The number of Topliss-reactive ketones (excluding diaryl/α,β-unsaturated/α-hetero) is 1. The summed E-state index contributed by atoms with van der Waals surface area (Å²) in [6.07, 6.45) is 0.444. The van der Waals surface area contributed by atoms with Crippen molar-refractivity contribution in [1.82, 2.24) is 0 Å². The molecule has 0 aliphatic heterocycles. The molecule has 0 radical (unpaired) electrons. The summed E-state index contributed by atoms with van der Waals surface area (Å²) in [4.78, 5) is 11.4. The van der Waals surface area contributed by atoms with E-state index in [1.165, 1.54) is 12.1 Å². The van der Waals surface area contributed by atoms with Crippen molar-refractivity contribution in [2.75, 3.05) is 0 Å². The fourth-order valence-corrected chi connectivity index (χ4v) is 1.38. The van der Waals surface area contributed by atoms with Crippen LogP contribution in [0.3, 0.4) is 0 Å². The first-order valence-electron chi connectivity index (χ1n) is 3.02. The Morgan fingerprint density at radius 2 is 2.40 bits per heavy atom. The normalized spacial score (nSPS) is 9.80. The van der Waals surface area contributed by atoms with Crippen molar-refractivity contribution in [3.8, 4) is 0 Å². The van der Waals surface area contributed by atoms with E-state index in [0.717, 1.165) is 11.3 Å². The largest absolute Gasteiger partial charge is 0.293 e. The quantitative estimate of drug-likeness (QED) is 0.604. The van der Waals surface area contributed by atoms with Gasteiger partial charge in [-0.15, -0.1) is 11.3 Å². The highest BCUT2D eigenvalue weighted by atomic mass is 32.1. The molecule has 0 spiro atoms. The van der Waals surface area contributed by atoms with Gasteiger partial charge in [-0.3, -0.25) is 4.79 Å². The minimum Gasteiger partial charge on any atom is -0.293 e. The summed E-state index contributed by atoms with van der Waals surface area (Å²) in [5.74, 6) is 0.00824. The van der Waals surface area contributed by atoms with E-state index in [1.807, 2.05) is 0 Å². The fraction of sp³-hybridized carbons (Fsp3) is 0.286. The van der Waals surface area contributed by atoms with Gasteiger partial charge in [0.1, 0.15) is 0 Å². The number of hydrogen-bond acceptors (Lipinski definition) is 2. The van der Waals surface area contributed by atoms with Gasteiger partial charge in [-0.1, -0.05) is 6.92 Å². The molecule has 0 saturated carbocycles. The average molecular weight is 158 g/mol. The highest BCUT2D eigenvalue weighted by Gasteiger charge is 2.05. The van der Waals surface area contributed by atoms with Crippen LogP contribution in [-0.4, -0.2) is 5.78 Å². The van der Waals surface area contributed by atoms with E-state index in [4.69, 9.17) is 0 Å². The van der Waals surface area contributed by atoms with E-state index in [9.17, 15) is 9.18 Å². The van der Waals surface area contributed by atoms with Crippen molar-refractivity contribution in [1.29, 1.82) is 0 Å². The molecule has 0 amide bonds. The molecule has 0 saturated heterocycles. The van der Waals surface area contributed by atoms with Crippen LogP contribution in [0.4, 0.5) is 4.39 Å².